The fraction of sp³-hybridized carbons (Fsp3) is 0.542. The lowest BCUT2D eigenvalue weighted by molar-refractivity contribution is 0.0825. The van der Waals surface area contributed by atoms with Crippen molar-refractivity contribution in [2.75, 3.05) is 5.32 Å². The lowest BCUT2D eigenvalue weighted by Gasteiger charge is -2.28. The van der Waals surface area contributed by atoms with Gasteiger partial charge in [-0.3, -0.25) is 4.79 Å². The molecule has 0 aliphatic carbocycles. The van der Waals surface area contributed by atoms with Crippen LogP contribution in [0.25, 0.3) is 10.8 Å². The van der Waals surface area contributed by atoms with Gasteiger partial charge >= 0.3 is 0 Å². The number of unbranched alkanes of at least 4 members (excludes halogenated alkanes) is 1. The number of hydrogen-bond donors (Lipinski definition) is 1. The highest BCUT2D eigenvalue weighted by molar-refractivity contribution is 6.03. The van der Waals surface area contributed by atoms with E-state index in [4.69, 9.17) is 0 Å². The molecule has 2 aromatic rings. The predicted molar refractivity (Wildman–Crippen MR) is 114 cm³/mol. The molecule has 0 spiro atoms. The number of fused-ring (bicyclic) bond motifs is 1. The summed E-state index contributed by atoms with van der Waals surface area (Å²) < 4.78 is 0. The summed E-state index contributed by atoms with van der Waals surface area (Å²) in [5.74, 6) is 0.240. The first kappa shape index (κ1) is 20.5. The van der Waals surface area contributed by atoms with Crippen molar-refractivity contribution in [1.82, 2.24) is 0 Å². The molecule has 0 bridgehead atoms. The summed E-state index contributed by atoms with van der Waals surface area (Å²) >= 11 is 0. The van der Waals surface area contributed by atoms with Crippen LogP contribution in [0.15, 0.2) is 36.4 Å². The van der Waals surface area contributed by atoms with E-state index in [9.17, 15) is 4.79 Å². The first-order valence-corrected chi connectivity index (χ1v) is 10.1. The van der Waals surface area contributed by atoms with Crippen LogP contribution >= 0.6 is 0 Å². The van der Waals surface area contributed by atoms with Crippen LogP contribution in [-0.4, -0.2) is 11.3 Å². The SMILES string of the molecule is CCCCC(C)(C)Nc1ccc2cc(C(=O)C(C)(C)CCC)ccc2c1. The van der Waals surface area contributed by atoms with E-state index >= 15 is 0 Å². The van der Waals surface area contributed by atoms with Crippen LogP contribution in [0.2, 0.25) is 0 Å². The Morgan fingerprint density at radius 2 is 1.54 bits per heavy atom. The van der Waals surface area contributed by atoms with Crippen molar-refractivity contribution < 1.29 is 4.79 Å². The topological polar surface area (TPSA) is 29.1 Å². The second kappa shape index (κ2) is 8.24. The summed E-state index contributed by atoms with van der Waals surface area (Å²) in [4.78, 5) is 12.8. The average Bonchev–Trinajstić information content (AvgIpc) is 2.58. The van der Waals surface area contributed by atoms with Gasteiger partial charge in [0.15, 0.2) is 5.78 Å². The van der Waals surface area contributed by atoms with Gasteiger partial charge in [0.1, 0.15) is 0 Å². The van der Waals surface area contributed by atoms with E-state index in [2.05, 4.69) is 71.1 Å². The molecule has 0 fully saturated rings. The third kappa shape index (κ3) is 5.09. The molecule has 0 saturated carbocycles. The molecule has 2 aromatic carbocycles. The number of rotatable bonds is 9. The maximum atomic E-state index is 12.8. The molecule has 1 N–H and O–H groups in total. The third-order valence-corrected chi connectivity index (χ3v) is 5.23. The molecule has 0 amide bonds. The number of Topliss-reactive ketones (excluding diaryl/α,β-unsaturated/α-hetero) is 1. The van der Waals surface area contributed by atoms with E-state index < -0.39 is 0 Å². The Morgan fingerprint density at radius 1 is 0.885 bits per heavy atom. The molecule has 0 radical (unpaired) electrons. The number of anilines is 1. The van der Waals surface area contributed by atoms with E-state index in [1.807, 2.05) is 12.1 Å². The summed E-state index contributed by atoms with van der Waals surface area (Å²) in [6, 6.07) is 12.5. The van der Waals surface area contributed by atoms with Crippen LogP contribution in [0.1, 0.15) is 84.0 Å². The van der Waals surface area contributed by atoms with E-state index in [1.165, 1.54) is 18.2 Å². The molecular weight excluding hydrogens is 318 g/mol. The summed E-state index contributed by atoms with van der Waals surface area (Å²) in [6.45, 7) is 13.0. The number of hydrogen-bond acceptors (Lipinski definition) is 2. The Bertz CT molecular complexity index is 758. The van der Waals surface area contributed by atoms with Gasteiger partial charge in [0, 0.05) is 22.2 Å². The maximum absolute atomic E-state index is 12.8. The number of carbonyl (C=O) groups excluding carboxylic acids is 1. The molecule has 0 aromatic heterocycles. The minimum absolute atomic E-state index is 0.0871. The number of nitrogens with one attached hydrogen (secondary N) is 1. The largest absolute Gasteiger partial charge is 0.380 e. The first-order valence-electron chi connectivity index (χ1n) is 10.1. The zero-order chi connectivity index (χ0) is 19.4. The van der Waals surface area contributed by atoms with Crippen LogP contribution in [0, 0.1) is 5.41 Å². The summed E-state index contributed by atoms with van der Waals surface area (Å²) in [6.07, 6.45) is 5.54. The van der Waals surface area contributed by atoms with Crippen molar-refractivity contribution in [2.45, 2.75) is 79.2 Å². The highest BCUT2D eigenvalue weighted by Crippen LogP contribution is 2.30. The zero-order valence-corrected chi connectivity index (χ0v) is 17.4. The van der Waals surface area contributed by atoms with Crippen molar-refractivity contribution in [3.05, 3.63) is 42.0 Å². The van der Waals surface area contributed by atoms with Crippen molar-refractivity contribution in [3.8, 4) is 0 Å². The van der Waals surface area contributed by atoms with Crippen LogP contribution in [-0.2, 0) is 0 Å². The molecule has 2 rings (SSSR count). The van der Waals surface area contributed by atoms with Gasteiger partial charge in [0.25, 0.3) is 0 Å². The summed E-state index contributed by atoms with van der Waals surface area (Å²) in [5, 5.41) is 5.95. The van der Waals surface area contributed by atoms with Crippen molar-refractivity contribution in [2.24, 2.45) is 5.41 Å². The van der Waals surface area contributed by atoms with E-state index in [1.54, 1.807) is 0 Å². The van der Waals surface area contributed by atoms with Gasteiger partial charge in [-0.05, 0) is 55.7 Å². The van der Waals surface area contributed by atoms with Gasteiger partial charge in [0.2, 0.25) is 0 Å². The highest BCUT2D eigenvalue weighted by atomic mass is 16.1. The Hall–Kier alpha value is -1.83. The third-order valence-electron chi connectivity index (χ3n) is 5.23. The quantitative estimate of drug-likeness (QED) is 0.482. The molecule has 0 unspecified atom stereocenters. The van der Waals surface area contributed by atoms with Gasteiger partial charge in [0.05, 0.1) is 0 Å². The number of ketones is 1. The monoisotopic (exact) mass is 353 g/mol. The Balaban J connectivity index is 2.23. The minimum Gasteiger partial charge on any atom is -0.380 e. The Kier molecular flexibility index (Phi) is 6.49. The van der Waals surface area contributed by atoms with E-state index in [0.717, 1.165) is 35.9 Å². The maximum Gasteiger partial charge on any atom is 0.168 e. The van der Waals surface area contributed by atoms with Crippen molar-refractivity contribution >= 4 is 22.2 Å². The summed E-state index contributed by atoms with van der Waals surface area (Å²) in [5.41, 5.74) is 1.75. The van der Waals surface area contributed by atoms with Crippen LogP contribution in [0.4, 0.5) is 5.69 Å². The number of carbonyl (C=O) groups is 1. The fourth-order valence-corrected chi connectivity index (χ4v) is 3.67. The molecule has 142 valence electrons. The second-order valence-corrected chi connectivity index (χ2v) is 8.85. The second-order valence-electron chi connectivity index (χ2n) is 8.85. The minimum atomic E-state index is -0.298. The van der Waals surface area contributed by atoms with Crippen LogP contribution in [0.5, 0.6) is 0 Å². The molecule has 0 aliphatic heterocycles. The van der Waals surface area contributed by atoms with Crippen LogP contribution in [0.3, 0.4) is 0 Å². The molecule has 0 aliphatic rings. The molecule has 0 heterocycles. The van der Waals surface area contributed by atoms with Gasteiger partial charge in [-0.15, -0.1) is 0 Å². The molecule has 0 atom stereocenters. The molecular formula is C24H35NO. The molecule has 26 heavy (non-hydrogen) atoms. The van der Waals surface area contributed by atoms with Crippen LogP contribution < -0.4 is 5.32 Å². The molecule has 0 saturated heterocycles. The van der Waals surface area contributed by atoms with E-state index in [-0.39, 0.29) is 16.7 Å². The molecule has 2 heteroatoms. The standard InChI is InChI=1S/C24H35NO/c1-7-9-15-24(5,6)25-21-13-12-18-16-20(11-10-19(18)17-21)22(26)23(3,4)14-8-2/h10-13,16-17,25H,7-9,14-15H2,1-6H3. The molecule has 2 nitrogen and oxygen atoms in total. The van der Waals surface area contributed by atoms with Gasteiger partial charge in [-0.2, -0.15) is 0 Å². The zero-order valence-electron chi connectivity index (χ0n) is 17.4. The average molecular weight is 354 g/mol. The Labute approximate surface area is 159 Å². The first-order chi connectivity index (χ1) is 12.2. The predicted octanol–water partition coefficient (Wildman–Crippen LogP) is 7.23. The summed E-state index contributed by atoms with van der Waals surface area (Å²) in [7, 11) is 0. The lowest BCUT2D eigenvalue weighted by Crippen LogP contribution is -2.30. The fourth-order valence-electron chi connectivity index (χ4n) is 3.67. The Morgan fingerprint density at radius 3 is 2.19 bits per heavy atom. The van der Waals surface area contributed by atoms with Gasteiger partial charge < -0.3 is 5.32 Å². The highest BCUT2D eigenvalue weighted by Gasteiger charge is 2.27. The number of benzene rings is 2. The lowest BCUT2D eigenvalue weighted by atomic mass is 9.80. The smallest absolute Gasteiger partial charge is 0.168 e. The normalized spacial score (nSPS) is 12.4. The van der Waals surface area contributed by atoms with Gasteiger partial charge in [-0.25, -0.2) is 0 Å². The van der Waals surface area contributed by atoms with Gasteiger partial charge in [-0.1, -0.05) is 65.2 Å². The van der Waals surface area contributed by atoms with Crippen molar-refractivity contribution in [1.29, 1.82) is 0 Å². The van der Waals surface area contributed by atoms with E-state index in [0.29, 0.717) is 0 Å². The van der Waals surface area contributed by atoms with Crippen molar-refractivity contribution in [3.63, 3.8) is 0 Å².